The Morgan fingerprint density at radius 3 is 2.44 bits per heavy atom. The Hall–Kier alpha value is -2.28. The van der Waals surface area contributed by atoms with Gasteiger partial charge >= 0.3 is 6.09 Å². The van der Waals surface area contributed by atoms with Crippen LogP contribution in [0.3, 0.4) is 0 Å². The molecule has 1 saturated heterocycles. The van der Waals surface area contributed by atoms with Crippen LogP contribution in [0, 0.1) is 0 Å². The molecule has 0 unspecified atom stereocenters. The summed E-state index contributed by atoms with van der Waals surface area (Å²) < 4.78 is 4.96. The predicted molar refractivity (Wildman–Crippen MR) is 93.5 cm³/mol. The zero-order chi connectivity index (χ0) is 18.2. The highest BCUT2D eigenvalue weighted by molar-refractivity contribution is 6.30. The number of amides is 3. The predicted octanol–water partition coefficient (Wildman–Crippen LogP) is 1.81. The molecular weight excluding hydrogens is 346 g/mol. The normalized spacial score (nSPS) is 14.7. The number of ether oxygens (including phenoxy) is 1. The van der Waals surface area contributed by atoms with Crippen molar-refractivity contribution in [2.75, 3.05) is 26.2 Å². The van der Waals surface area contributed by atoms with E-state index in [0.717, 1.165) is 0 Å². The van der Waals surface area contributed by atoms with Crippen LogP contribution < -0.4 is 10.6 Å². The summed E-state index contributed by atoms with van der Waals surface area (Å²) in [7, 11) is 0. The van der Waals surface area contributed by atoms with Crippen molar-refractivity contribution in [3.63, 3.8) is 0 Å². The molecule has 7 nitrogen and oxygen atoms in total. The van der Waals surface area contributed by atoms with Crippen LogP contribution in [-0.2, 0) is 9.53 Å². The molecule has 8 heteroatoms. The fraction of sp³-hybridized carbons (Fsp3) is 0.471. The van der Waals surface area contributed by atoms with Crippen LogP contribution in [0.4, 0.5) is 4.79 Å². The molecule has 1 aromatic carbocycles. The molecule has 0 aromatic heterocycles. The van der Waals surface area contributed by atoms with Crippen LogP contribution in [0.15, 0.2) is 24.3 Å². The van der Waals surface area contributed by atoms with Crippen molar-refractivity contribution in [3.8, 4) is 0 Å². The molecular formula is C17H22ClN3O4. The van der Waals surface area contributed by atoms with Gasteiger partial charge in [0.15, 0.2) is 0 Å². The number of benzene rings is 1. The minimum Gasteiger partial charge on any atom is -0.450 e. The number of rotatable bonds is 5. The summed E-state index contributed by atoms with van der Waals surface area (Å²) in [5.41, 5.74) is 0.444. The zero-order valence-corrected chi connectivity index (χ0v) is 14.8. The van der Waals surface area contributed by atoms with Crippen molar-refractivity contribution in [2.45, 2.75) is 25.8 Å². The van der Waals surface area contributed by atoms with Gasteiger partial charge in [0.05, 0.1) is 13.2 Å². The maximum Gasteiger partial charge on any atom is 0.409 e. The quantitative estimate of drug-likeness (QED) is 0.830. The maximum absolute atomic E-state index is 12.0. The molecule has 1 aliphatic heterocycles. The Labute approximate surface area is 151 Å². The highest BCUT2D eigenvalue weighted by atomic mass is 35.5. The second-order valence-corrected chi connectivity index (χ2v) is 6.15. The van der Waals surface area contributed by atoms with Crippen molar-refractivity contribution in [1.82, 2.24) is 15.5 Å². The van der Waals surface area contributed by atoms with Crippen LogP contribution in [0.2, 0.25) is 5.02 Å². The van der Waals surface area contributed by atoms with Gasteiger partial charge < -0.3 is 20.3 Å². The highest BCUT2D eigenvalue weighted by Gasteiger charge is 2.24. The van der Waals surface area contributed by atoms with E-state index in [4.69, 9.17) is 16.3 Å². The molecule has 2 N–H and O–H groups in total. The van der Waals surface area contributed by atoms with Crippen LogP contribution in [0.1, 0.15) is 30.1 Å². The number of nitrogens with one attached hydrogen (secondary N) is 2. The van der Waals surface area contributed by atoms with E-state index in [9.17, 15) is 14.4 Å². The molecule has 0 saturated carbocycles. The molecule has 0 spiro atoms. The zero-order valence-electron chi connectivity index (χ0n) is 14.1. The minimum atomic E-state index is -0.330. The third kappa shape index (κ3) is 5.94. The average molecular weight is 368 g/mol. The lowest BCUT2D eigenvalue weighted by Gasteiger charge is -2.31. The number of nitrogens with zero attached hydrogens (tertiary/aromatic N) is 1. The van der Waals surface area contributed by atoms with Gasteiger partial charge in [-0.05, 0) is 44.0 Å². The Morgan fingerprint density at radius 1 is 1.20 bits per heavy atom. The third-order valence-corrected chi connectivity index (χ3v) is 4.15. The van der Waals surface area contributed by atoms with Gasteiger partial charge in [0.1, 0.15) is 0 Å². The van der Waals surface area contributed by atoms with Crippen LogP contribution >= 0.6 is 11.6 Å². The summed E-state index contributed by atoms with van der Waals surface area (Å²) in [6.45, 7) is 3.10. The average Bonchev–Trinajstić information content (AvgIpc) is 2.61. The summed E-state index contributed by atoms with van der Waals surface area (Å²) >= 11 is 5.77. The van der Waals surface area contributed by atoms with E-state index in [2.05, 4.69) is 10.6 Å². The van der Waals surface area contributed by atoms with Crippen molar-refractivity contribution in [2.24, 2.45) is 0 Å². The molecule has 0 aliphatic carbocycles. The van der Waals surface area contributed by atoms with Gasteiger partial charge in [-0.1, -0.05) is 11.6 Å². The molecule has 25 heavy (non-hydrogen) atoms. The SMILES string of the molecule is CCOC(=O)N1CCC(NC(=O)CNC(=O)c2ccc(Cl)cc2)CC1. The second kappa shape index (κ2) is 9.27. The highest BCUT2D eigenvalue weighted by Crippen LogP contribution is 2.11. The molecule has 1 aliphatic rings. The molecule has 1 heterocycles. The summed E-state index contributed by atoms with van der Waals surface area (Å²) in [6.07, 6.45) is 1.01. The van der Waals surface area contributed by atoms with Crippen molar-refractivity contribution >= 4 is 29.5 Å². The summed E-state index contributed by atoms with van der Waals surface area (Å²) in [6, 6.07) is 6.42. The number of likely N-dealkylation sites (tertiary alicyclic amines) is 1. The number of carbonyl (C=O) groups excluding carboxylic acids is 3. The van der Waals surface area contributed by atoms with Crippen LogP contribution in [0.25, 0.3) is 0 Å². The number of carbonyl (C=O) groups is 3. The first kappa shape index (κ1) is 19.1. The van der Waals surface area contributed by atoms with E-state index in [0.29, 0.717) is 43.1 Å². The van der Waals surface area contributed by atoms with Crippen molar-refractivity contribution in [1.29, 1.82) is 0 Å². The topological polar surface area (TPSA) is 87.7 Å². The Morgan fingerprint density at radius 2 is 1.84 bits per heavy atom. The summed E-state index contributed by atoms with van der Waals surface area (Å²) in [5.74, 6) is -0.583. The van der Waals surface area contributed by atoms with Crippen LogP contribution in [-0.4, -0.2) is 55.1 Å². The molecule has 0 atom stereocenters. The lowest BCUT2D eigenvalue weighted by Crippen LogP contribution is -2.48. The van der Waals surface area contributed by atoms with Gasteiger partial charge in [0.25, 0.3) is 5.91 Å². The Kier molecular flexibility index (Phi) is 7.06. The molecule has 0 radical (unpaired) electrons. The van der Waals surface area contributed by atoms with E-state index in [-0.39, 0.29) is 30.5 Å². The molecule has 1 aromatic rings. The summed E-state index contributed by atoms with van der Waals surface area (Å²) in [4.78, 5) is 37.2. The first-order chi connectivity index (χ1) is 12.0. The van der Waals surface area contributed by atoms with Gasteiger partial charge in [-0.2, -0.15) is 0 Å². The summed E-state index contributed by atoms with van der Waals surface area (Å²) in [5, 5.41) is 5.99. The lowest BCUT2D eigenvalue weighted by atomic mass is 10.1. The van der Waals surface area contributed by atoms with Gasteiger partial charge in [0.2, 0.25) is 5.91 Å². The standard InChI is InChI=1S/C17H22ClN3O4/c1-2-25-17(24)21-9-7-14(8-10-21)20-15(22)11-19-16(23)12-3-5-13(18)6-4-12/h3-6,14H,2,7-11H2,1H3,(H,19,23)(H,20,22). The van der Waals surface area contributed by atoms with E-state index in [1.54, 1.807) is 36.1 Å². The fourth-order valence-corrected chi connectivity index (χ4v) is 2.69. The number of piperidine rings is 1. The minimum absolute atomic E-state index is 0.00869. The van der Waals surface area contributed by atoms with E-state index in [1.807, 2.05) is 0 Å². The molecule has 0 bridgehead atoms. The maximum atomic E-state index is 12.0. The van der Waals surface area contributed by atoms with Gasteiger partial charge in [-0.15, -0.1) is 0 Å². The van der Waals surface area contributed by atoms with E-state index >= 15 is 0 Å². The van der Waals surface area contributed by atoms with Crippen molar-refractivity contribution < 1.29 is 19.1 Å². The first-order valence-electron chi connectivity index (χ1n) is 8.24. The van der Waals surface area contributed by atoms with Crippen LogP contribution in [0.5, 0.6) is 0 Å². The largest absolute Gasteiger partial charge is 0.450 e. The molecule has 2 rings (SSSR count). The smallest absolute Gasteiger partial charge is 0.409 e. The number of hydrogen-bond acceptors (Lipinski definition) is 4. The molecule has 1 fully saturated rings. The molecule has 3 amide bonds. The fourth-order valence-electron chi connectivity index (χ4n) is 2.56. The third-order valence-electron chi connectivity index (χ3n) is 3.90. The number of halogens is 1. The van der Waals surface area contributed by atoms with Gasteiger partial charge in [0, 0.05) is 29.7 Å². The van der Waals surface area contributed by atoms with Gasteiger partial charge in [-0.3, -0.25) is 9.59 Å². The monoisotopic (exact) mass is 367 g/mol. The Bertz CT molecular complexity index is 613. The van der Waals surface area contributed by atoms with E-state index in [1.165, 1.54) is 0 Å². The van der Waals surface area contributed by atoms with Gasteiger partial charge in [-0.25, -0.2) is 4.79 Å². The lowest BCUT2D eigenvalue weighted by molar-refractivity contribution is -0.121. The first-order valence-corrected chi connectivity index (χ1v) is 8.62. The number of hydrogen-bond donors (Lipinski definition) is 2. The Balaban J connectivity index is 1.70. The second-order valence-electron chi connectivity index (χ2n) is 5.72. The van der Waals surface area contributed by atoms with E-state index < -0.39 is 0 Å². The van der Waals surface area contributed by atoms with Crippen molar-refractivity contribution in [3.05, 3.63) is 34.9 Å². The molecule has 136 valence electrons.